The van der Waals surface area contributed by atoms with E-state index in [0.717, 1.165) is 19.4 Å². The van der Waals surface area contributed by atoms with Crippen LogP contribution in [0.1, 0.15) is 44.1 Å². The second kappa shape index (κ2) is 5.63. The fourth-order valence-corrected chi connectivity index (χ4v) is 2.92. The van der Waals surface area contributed by atoms with Crippen LogP contribution in [0.2, 0.25) is 0 Å². The molecule has 0 aromatic heterocycles. The molecule has 1 nitrogen and oxygen atoms in total. The van der Waals surface area contributed by atoms with Crippen LogP contribution in [0, 0.1) is 11.2 Å². The predicted octanol–water partition coefficient (Wildman–Crippen LogP) is 3.67. The molecule has 0 spiro atoms. The summed E-state index contributed by atoms with van der Waals surface area (Å²) in [5.74, 6) is -0.153. The van der Waals surface area contributed by atoms with Crippen LogP contribution in [0.3, 0.4) is 0 Å². The average Bonchev–Trinajstić information content (AvgIpc) is 2.39. The third-order valence-electron chi connectivity index (χ3n) is 4.20. The van der Waals surface area contributed by atoms with E-state index in [1.807, 2.05) is 12.1 Å². The van der Waals surface area contributed by atoms with Crippen LogP contribution in [-0.4, -0.2) is 6.54 Å². The molecule has 94 valence electrons. The molecule has 0 unspecified atom stereocenters. The first-order valence-corrected chi connectivity index (χ1v) is 6.69. The molecule has 1 aliphatic carbocycles. The molecule has 2 N–H and O–H groups in total. The Hall–Kier alpha value is -0.890. The number of hydrogen-bond donors (Lipinski definition) is 1. The van der Waals surface area contributed by atoms with Crippen LogP contribution in [0.4, 0.5) is 4.39 Å². The van der Waals surface area contributed by atoms with Gasteiger partial charge < -0.3 is 5.73 Å². The standard InChI is InChI=1S/C15H22FN/c16-14-6-4-13(5-7-14)8-11-15(12-17)9-2-1-3-10-15/h4-7H,1-3,8-12,17H2. The van der Waals surface area contributed by atoms with Crippen molar-refractivity contribution in [1.29, 1.82) is 0 Å². The molecule has 17 heavy (non-hydrogen) atoms. The summed E-state index contributed by atoms with van der Waals surface area (Å²) >= 11 is 0. The van der Waals surface area contributed by atoms with Gasteiger partial charge in [-0.1, -0.05) is 31.4 Å². The van der Waals surface area contributed by atoms with Crippen molar-refractivity contribution in [3.05, 3.63) is 35.6 Å². The van der Waals surface area contributed by atoms with E-state index in [1.165, 1.54) is 37.7 Å². The summed E-state index contributed by atoms with van der Waals surface area (Å²) < 4.78 is 12.8. The molecule has 0 atom stereocenters. The third kappa shape index (κ3) is 3.29. The van der Waals surface area contributed by atoms with Crippen LogP contribution in [0.15, 0.2) is 24.3 Å². The molecule has 1 aliphatic rings. The molecule has 1 aromatic carbocycles. The number of rotatable bonds is 4. The van der Waals surface area contributed by atoms with E-state index in [0.29, 0.717) is 5.41 Å². The van der Waals surface area contributed by atoms with Crippen molar-refractivity contribution >= 4 is 0 Å². The lowest BCUT2D eigenvalue weighted by molar-refractivity contribution is 0.182. The number of nitrogens with two attached hydrogens (primary N) is 1. The molecule has 1 aromatic rings. The monoisotopic (exact) mass is 235 g/mol. The van der Waals surface area contributed by atoms with Crippen LogP contribution < -0.4 is 5.73 Å². The van der Waals surface area contributed by atoms with Crippen LogP contribution in [0.25, 0.3) is 0 Å². The van der Waals surface area contributed by atoms with Gasteiger partial charge in [0.2, 0.25) is 0 Å². The second-order valence-corrected chi connectivity index (χ2v) is 5.39. The fourth-order valence-electron chi connectivity index (χ4n) is 2.92. The fraction of sp³-hybridized carbons (Fsp3) is 0.600. The zero-order valence-corrected chi connectivity index (χ0v) is 10.4. The summed E-state index contributed by atoms with van der Waals surface area (Å²) in [6.45, 7) is 0.800. The number of benzene rings is 1. The lowest BCUT2D eigenvalue weighted by Crippen LogP contribution is -2.33. The molecule has 0 amide bonds. The van der Waals surface area contributed by atoms with Crippen molar-refractivity contribution in [2.24, 2.45) is 11.1 Å². The van der Waals surface area contributed by atoms with E-state index >= 15 is 0 Å². The Morgan fingerprint density at radius 1 is 1.06 bits per heavy atom. The summed E-state index contributed by atoms with van der Waals surface area (Å²) in [5, 5.41) is 0. The lowest BCUT2D eigenvalue weighted by atomic mass is 9.71. The van der Waals surface area contributed by atoms with Crippen molar-refractivity contribution in [3.63, 3.8) is 0 Å². The zero-order valence-electron chi connectivity index (χ0n) is 10.4. The third-order valence-corrected chi connectivity index (χ3v) is 4.20. The highest BCUT2D eigenvalue weighted by Gasteiger charge is 2.29. The highest BCUT2D eigenvalue weighted by molar-refractivity contribution is 5.16. The SMILES string of the molecule is NCC1(CCc2ccc(F)cc2)CCCCC1. The van der Waals surface area contributed by atoms with Gasteiger partial charge in [-0.2, -0.15) is 0 Å². The largest absolute Gasteiger partial charge is 0.330 e. The van der Waals surface area contributed by atoms with E-state index in [-0.39, 0.29) is 5.82 Å². The highest BCUT2D eigenvalue weighted by Crippen LogP contribution is 2.39. The van der Waals surface area contributed by atoms with Gasteiger partial charge in [-0.05, 0) is 55.3 Å². The summed E-state index contributed by atoms with van der Waals surface area (Å²) in [4.78, 5) is 0. The summed E-state index contributed by atoms with van der Waals surface area (Å²) in [5.41, 5.74) is 7.55. The topological polar surface area (TPSA) is 26.0 Å². The molecule has 0 aliphatic heterocycles. The predicted molar refractivity (Wildman–Crippen MR) is 69.3 cm³/mol. The van der Waals surface area contributed by atoms with E-state index in [2.05, 4.69) is 0 Å². The maximum absolute atomic E-state index is 12.8. The number of aryl methyl sites for hydroxylation is 1. The summed E-state index contributed by atoms with van der Waals surface area (Å²) in [7, 11) is 0. The Labute approximate surface area is 103 Å². The first-order valence-electron chi connectivity index (χ1n) is 6.69. The molecule has 2 rings (SSSR count). The van der Waals surface area contributed by atoms with Gasteiger partial charge in [-0.25, -0.2) is 4.39 Å². The van der Waals surface area contributed by atoms with Crippen molar-refractivity contribution in [2.75, 3.05) is 6.54 Å². The van der Waals surface area contributed by atoms with E-state index < -0.39 is 0 Å². The molecule has 0 bridgehead atoms. The zero-order chi connectivity index (χ0) is 12.1. The summed E-state index contributed by atoms with van der Waals surface area (Å²) in [6.07, 6.45) is 8.71. The minimum Gasteiger partial charge on any atom is -0.330 e. The molecular weight excluding hydrogens is 213 g/mol. The van der Waals surface area contributed by atoms with Gasteiger partial charge in [0.25, 0.3) is 0 Å². The van der Waals surface area contributed by atoms with Crippen molar-refractivity contribution in [1.82, 2.24) is 0 Å². The second-order valence-electron chi connectivity index (χ2n) is 5.39. The molecule has 2 heteroatoms. The lowest BCUT2D eigenvalue weighted by Gasteiger charge is -2.36. The van der Waals surface area contributed by atoms with Gasteiger partial charge in [-0.3, -0.25) is 0 Å². The molecule has 1 saturated carbocycles. The maximum Gasteiger partial charge on any atom is 0.123 e. The van der Waals surface area contributed by atoms with E-state index in [9.17, 15) is 4.39 Å². The van der Waals surface area contributed by atoms with Gasteiger partial charge in [0, 0.05) is 0 Å². The Balaban J connectivity index is 1.93. The van der Waals surface area contributed by atoms with Gasteiger partial charge in [-0.15, -0.1) is 0 Å². The van der Waals surface area contributed by atoms with Gasteiger partial charge in [0.05, 0.1) is 0 Å². The average molecular weight is 235 g/mol. The number of halogens is 1. The molecule has 0 heterocycles. The van der Waals surface area contributed by atoms with Crippen LogP contribution >= 0.6 is 0 Å². The van der Waals surface area contributed by atoms with Gasteiger partial charge in [0.15, 0.2) is 0 Å². The van der Waals surface area contributed by atoms with Crippen molar-refractivity contribution < 1.29 is 4.39 Å². The molecule has 0 radical (unpaired) electrons. The Morgan fingerprint density at radius 2 is 1.71 bits per heavy atom. The van der Waals surface area contributed by atoms with E-state index in [4.69, 9.17) is 5.73 Å². The first kappa shape index (κ1) is 12.6. The van der Waals surface area contributed by atoms with Crippen molar-refractivity contribution in [2.45, 2.75) is 44.9 Å². The Bertz CT molecular complexity index is 338. The quantitative estimate of drug-likeness (QED) is 0.846. The Kier molecular flexibility index (Phi) is 4.16. The summed E-state index contributed by atoms with van der Waals surface area (Å²) in [6, 6.07) is 6.88. The van der Waals surface area contributed by atoms with Crippen LogP contribution in [0.5, 0.6) is 0 Å². The van der Waals surface area contributed by atoms with Crippen molar-refractivity contribution in [3.8, 4) is 0 Å². The van der Waals surface area contributed by atoms with Gasteiger partial charge >= 0.3 is 0 Å². The van der Waals surface area contributed by atoms with Gasteiger partial charge in [0.1, 0.15) is 5.82 Å². The minimum atomic E-state index is -0.153. The van der Waals surface area contributed by atoms with Crippen LogP contribution in [-0.2, 0) is 6.42 Å². The smallest absolute Gasteiger partial charge is 0.123 e. The first-order chi connectivity index (χ1) is 8.24. The maximum atomic E-state index is 12.8. The highest BCUT2D eigenvalue weighted by atomic mass is 19.1. The van der Waals surface area contributed by atoms with E-state index in [1.54, 1.807) is 12.1 Å². The minimum absolute atomic E-state index is 0.153. The Morgan fingerprint density at radius 3 is 2.29 bits per heavy atom. The molecular formula is C15H22FN. The molecule has 0 saturated heterocycles. The normalized spacial score (nSPS) is 19.2. The number of hydrogen-bond acceptors (Lipinski definition) is 1. The molecule has 1 fully saturated rings.